The summed E-state index contributed by atoms with van der Waals surface area (Å²) >= 11 is 6.00. The number of Topliss-reactive ketones (excluding diaryl/α,β-unsaturated/α-hetero) is 1. The Hall–Kier alpha value is -2.86. The average Bonchev–Trinajstić information content (AvgIpc) is 2.62. The summed E-state index contributed by atoms with van der Waals surface area (Å²) in [5.41, 5.74) is 1.27. The summed E-state index contributed by atoms with van der Waals surface area (Å²) in [6, 6.07) is 11.6. The number of carbonyl (C=O) groups excluding carboxylic acids is 3. The summed E-state index contributed by atoms with van der Waals surface area (Å²) in [6.07, 6.45) is 1.13. The highest BCUT2D eigenvalue weighted by Gasteiger charge is 2.13. The minimum Gasteiger partial charge on any atom is -0.483 e. The van der Waals surface area contributed by atoms with Crippen molar-refractivity contribution in [3.63, 3.8) is 0 Å². The lowest BCUT2D eigenvalue weighted by Crippen LogP contribution is -2.21. The van der Waals surface area contributed by atoms with Gasteiger partial charge in [0.25, 0.3) is 5.91 Å². The van der Waals surface area contributed by atoms with Crippen molar-refractivity contribution in [3.8, 4) is 5.75 Å². The van der Waals surface area contributed by atoms with Gasteiger partial charge in [-0.1, -0.05) is 30.7 Å². The van der Waals surface area contributed by atoms with Crippen LogP contribution in [0.2, 0.25) is 5.02 Å². The molecule has 0 unspecified atom stereocenters. The third kappa shape index (κ3) is 6.11. The summed E-state index contributed by atoms with van der Waals surface area (Å²) in [5, 5.41) is 5.79. The van der Waals surface area contributed by atoms with Gasteiger partial charge in [-0.15, -0.1) is 0 Å². The van der Waals surface area contributed by atoms with Crippen molar-refractivity contribution in [2.24, 2.45) is 0 Å². The molecule has 0 aliphatic rings. The van der Waals surface area contributed by atoms with Crippen LogP contribution < -0.4 is 15.4 Å². The van der Waals surface area contributed by atoms with Crippen LogP contribution in [0.15, 0.2) is 42.5 Å². The van der Waals surface area contributed by atoms with E-state index in [-0.39, 0.29) is 29.6 Å². The minimum absolute atomic E-state index is 0.125. The van der Waals surface area contributed by atoms with E-state index in [0.29, 0.717) is 22.8 Å². The predicted octanol–water partition coefficient (Wildman–Crippen LogP) is 4.30. The molecule has 0 aliphatic heterocycles. The van der Waals surface area contributed by atoms with Gasteiger partial charge < -0.3 is 15.4 Å². The van der Waals surface area contributed by atoms with Gasteiger partial charge in [-0.2, -0.15) is 0 Å². The maximum absolute atomic E-state index is 12.1. The van der Waals surface area contributed by atoms with E-state index < -0.39 is 5.91 Å². The van der Waals surface area contributed by atoms with E-state index in [0.717, 1.165) is 6.42 Å². The Morgan fingerprint density at radius 3 is 2.44 bits per heavy atom. The van der Waals surface area contributed by atoms with Crippen molar-refractivity contribution < 1.29 is 19.1 Å². The van der Waals surface area contributed by atoms with Gasteiger partial charge in [-0.3, -0.25) is 14.4 Å². The van der Waals surface area contributed by atoms with Gasteiger partial charge in [0.1, 0.15) is 5.75 Å². The Balaban J connectivity index is 2.04. The van der Waals surface area contributed by atoms with Crippen LogP contribution in [0.1, 0.15) is 37.0 Å². The highest BCUT2D eigenvalue weighted by atomic mass is 35.5. The highest BCUT2D eigenvalue weighted by molar-refractivity contribution is 6.33. The van der Waals surface area contributed by atoms with Gasteiger partial charge in [0.15, 0.2) is 12.4 Å². The predicted molar refractivity (Wildman–Crippen MR) is 106 cm³/mol. The Morgan fingerprint density at radius 1 is 1.04 bits per heavy atom. The number of anilines is 2. The zero-order valence-corrected chi connectivity index (χ0v) is 15.9. The fraction of sp³-hybridized carbons (Fsp3) is 0.250. The van der Waals surface area contributed by atoms with Crippen LogP contribution in [0.3, 0.4) is 0 Å². The van der Waals surface area contributed by atoms with E-state index in [1.165, 1.54) is 13.0 Å². The maximum Gasteiger partial charge on any atom is 0.262 e. The maximum atomic E-state index is 12.1. The molecule has 2 rings (SSSR count). The molecular formula is C20H21ClN2O4. The molecule has 0 heterocycles. The van der Waals surface area contributed by atoms with E-state index in [1.807, 2.05) is 6.92 Å². The first-order valence-electron chi connectivity index (χ1n) is 8.52. The number of rotatable bonds is 8. The summed E-state index contributed by atoms with van der Waals surface area (Å²) in [6.45, 7) is 3.02. The van der Waals surface area contributed by atoms with Crippen molar-refractivity contribution in [3.05, 3.63) is 53.1 Å². The van der Waals surface area contributed by atoms with Gasteiger partial charge in [0.05, 0.1) is 16.3 Å². The molecule has 0 bridgehead atoms. The third-order valence-corrected chi connectivity index (χ3v) is 3.96. The second-order valence-electron chi connectivity index (χ2n) is 5.88. The number of benzene rings is 2. The van der Waals surface area contributed by atoms with Gasteiger partial charge in [0, 0.05) is 12.1 Å². The monoisotopic (exact) mass is 388 g/mol. The molecule has 0 aromatic heterocycles. The van der Waals surface area contributed by atoms with Crippen LogP contribution in [0.5, 0.6) is 5.75 Å². The zero-order chi connectivity index (χ0) is 19.8. The highest BCUT2D eigenvalue weighted by Crippen LogP contribution is 2.24. The Kier molecular flexibility index (Phi) is 7.37. The van der Waals surface area contributed by atoms with Gasteiger partial charge in [-0.25, -0.2) is 0 Å². The Morgan fingerprint density at radius 2 is 1.78 bits per heavy atom. The number of amides is 2. The molecule has 0 saturated carbocycles. The standard InChI is InChI=1S/C20H21ClN2O4/c1-3-6-19(25)22-14-9-10-18(15(11-14)13(2)24)27-12-20(26)23-17-8-5-4-7-16(17)21/h4-5,7-11H,3,6,12H2,1-2H3,(H,22,25)(H,23,26). The Bertz CT molecular complexity index is 852. The van der Waals surface area contributed by atoms with Crippen LogP contribution in [0.25, 0.3) is 0 Å². The molecule has 2 aromatic rings. The first-order chi connectivity index (χ1) is 12.9. The van der Waals surface area contributed by atoms with Gasteiger partial charge >= 0.3 is 0 Å². The number of ether oxygens (including phenoxy) is 1. The second-order valence-corrected chi connectivity index (χ2v) is 6.29. The largest absolute Gasteiger partial charge is 0.483 e. The lowest BCUT2D eigenvalue weighted by molar-refractivity contribution is -0.118. The molecule has 0 spiro atoms. The first-order valence-corrected chi connectivity index (χ1v) is 8.90. The molecule has 0 radical (unpaired) electrons. The molecule has 2 aromatic carbocycles. The van der Waals surface area contributed by atoms with E-state index in [4.69, 9.17) is 16.3 Å². The number of nitrogens with one attached hydrogen (secondary N) is 2. The van der Waals surface area contributed by atoms with E-state index in [2.05, 4.69) is 10.6 Å². The van der Waals surface area contributed by atoms with E-state index in [1.54, 1.807) is 36.4 Å². The number of ketones is 1. The quantitative estimate of drug-likeness (QED) is 0.660. The molecule has 0 atom stereocenters. The molecule has 2 N–H and O–H groups in total. The summed E-state index contributed by atoms with van der Waals surface area (Å²) < 4.78 is 5.49. The molecule has 0 aliphatic carbocycles. The van der Waals surface area contributed by atoms with Gasteiger partial charge in [0.2, 0.25) is 5.91 Å². The first kappa shape index (κ1) is 20.5. The topological polar surface area (TPSA) is 84.5 Å². The summed E-state index contributed by atoms with van der Waals surface area (Å²) in [7, 11) is 0. The Labute approximate surface area is 162 Å². The van der Waals surface area contributed by atoms with E-state index in [9.17, 15) is 14.4 Å². The fourth-order valence-corrected chi connectivity index (χ4v) is 2.53. The molecule has 0 fully saturated rings. The number of hydrogen-bond donors (Lipinski definition) is 2. The lowest BCUT2D eigenvalue weighted by atomic mass is 10.1. The van der Waals surface area contributed by atoms with Crippen molar-refractivity contribution in [1.82, 2.24) is 0 Å². The van der Waals surface area contributed by atoms with Crippen LogP contribution in [-0.2, 0) is 9.59 Å². The van der Waals surface area contributed by atoms with E-state index >= 15 is 0 Å². The summed E-state index contributed by atoms with van der Waals surface area (Å²) in [5.74, 6) is -0.494. The van der Waals surface area contributed by atoms with Crippen LogP contribution in [-0.4, -0.2) is 24.2 Å². The lowest BCUT2D eigenvalue weighted by Gasteiger charge is -2.13. The molecule has 142 valence electrons. The normalized spacial score (nSPS) is 10.2. The minimum atomic E-state index is -0.405. The summed E-state index contributed by atoms with van der Waals surface area (Å²) in [4.78, 5) is 35.7. The van der Waals surface area contributed by atoms with Crippen molar-refractivity contribution in [2.45, 2.75) is 26.7 Å². The number of halogens is 1. The molecule has 6 nitrogen and oxygen atoms in total. The van der Waals surface area contributed by atoms with Crippen molar-refractivity contribution in [2.75, 3.05) is 17.2 Å². The fourth-order valence-electron chi connectivity index (χ4n) is 2.35. The van der Waals surface area contributed by atoms with Crippen molar-refractivity contribution >= 4 is 40.6 Å². The SMILES string of the molecule is CCCC(=O)Nc1ccc(OCC(=O)Nc2ccccc2Cl)c(C(C)=O)c1. The molecular weight excluding hydrogens is 368 g/mol. The molecule has 7 heteroatoms. The van der Waals surface area contributed by atoms with Crippen molar-refractivity contribution in [1.29, 1.82) is 0 Å². The average molecular weight is 389 g/mol. The van der Waals surface area contributed by atoms with Crippen LogP contribution >= 0.6 is 11.6 Å². The smallest absolute Gasteiger partial charge is 0.262 e. The third-order valence-electron chi connectivity index (χ3n) is 3.63. The van der Waals surface area contributed by atoms with Gasteiger partial charge in [-0.05, 0) is 43.7 Å². The number of para-hydroxylation sites is 1. The number of carbonyl (C=O) groups is 3. The molecule has 27 heavy (non-hydrogen) atoms. The molecule has 2 amide bonds. The zero-order valence-electron chi connectivity index (χ0n) is 15.2. The number of hydrogen-bond acceptors (Lipinski definition) is 4. The van der Waals surface area contributed by atoms with Crippen LogP contribution in [0, 0.1) is 0 Å². The second kappa shape index (κ2) is 9.73. The molecule has 0 saturated heterocycles. The van der Waals surface area contributed by atoms with Crippen LogP contribution in [0.4, 0.5) is 11.4 Å².